The molecule has 0 heterocycles. The minimum atomic E-state index is -3.64. The number of nitrogens with two attached hydrogens (primary N) is 2. The van der Waals surface area contributed by atoms with E-state index in [1.165, 1.54) is 18.2 Å². The second-order valence-electron chi connectivity index (χ2n) is 4.94. The molecule has 1 fully saturated rings. The molecular formula is C12H17N3O3S. The highest BCUT2D eigenvalue weighted by Gasteiger charge is 2.33. The van der Waals surface area contributed by atoms with Crippen molar-refractivity contribution in [2.75, 3.05) is 12.3 Å². The van der Waals surface area contributed by atoms with E-state index in [9.17, 15) is 13.2 Å². The molecule has 0 aliphatic heterocycles. The largest absolute Gasteiger partial charge is 0.398 e. The highest BCUT2D eigenvalue weighted by atomic mass is 32.2. The molecule has 2 rings (SSSR count). The highest BCUT2D eigenvalue weighted by molar-refractivity contribution is 7.89. The second-order valence-corrected chi connectivity index (χ2v) is 6.68. The number of benzene rings is 1. The van der Waals surface area contributed by atoms with Crippen LogP contribution in [0.4, 0.5) is 5.69 Å². The molecule has 7 heteroatoms. The minimum Gasteiger partial charge on any atom is -0.398 e. The molecule has 0 radical (unpaired) electrons. The Bertz CT molecular complexity index is 613. The summed E-state index contributed by atoms with van der Waals surface area (Å²) in [5.41, 5.74) is 11.0. The molecule has 19 heavy (non-hydrogen) atoms. The molecule has 1 aliphatic rings. The van der Waals surface area contributed by atoms with E-state index in [0.717, 1.165) is 6.42 Å². The first-order chi connectivity index (χ1) is 8.81. The normalized spacial score (nSPS) is 22.2. The summed E-state index contributed by atoms with van der Waals surface area (Å²) in [6, 6.07) is 3.93. The Morgan fingerprint density at radius 3 is 2.58 bits per heavy atom. The van der Waals surface area contributed by atoms with Crippen LogP contribution in [0, 0.1) is 11.8 Å². The summed E-state index contributed by atoms with van der Waals surface area (Å²) in [6.45, 7) is 2.50. The molecule has 2 unspecified atom stereocenters. The number of carbonyl (C=O) groups excluding carboxylic acids is 1. The van der Waals surface area contributed by atoms with Gasteiger partial charge in [0, 0.05) is 12.1 Å². The predicted octanol–water partition coefficient (Wildman–Crippen LogP) is 0.302. The average Bonchev–Trinajstić information content (AvgIpc) is 3.02. The third-order valence-electron chi connectivity index (χ3n) is 3.40. The molecule has 2 atom stereocenters. The van der Waals surface area contributed by atoms with Crippen molar-refractivity contribution in [1.29, 1.82) is 0 Å². The van der Waals surface area contributed by atoms with E-state index < -0.39 is 15.9 Å². The maximum Gasteiger partial charge on any atom is 0.248 e. The summed E-state index contributed by atoms with van der Waals surface area (Å²) >= 11 is 0. The smallest absolute Gasteiger partial charge is 0.248 e. The quantitative estimate of drug-likeness (QED) is 0.674. The number of primary amides is 1. The van der Waals surface area contributed by atoms with Gasteiger partial charge in [0.1, 0.15) is 4.90 Å². The van der Waals surface area contributed by atoms with Crippen LogP contribution >= 0.6 is 0 Å². The van der Waals surface area contributed by atoms with E-state index in [0.29, 0.717) is 18.4 Å². The van der Waals surface area contributed by atoms with Crippen molar-refractivity contribution in [3.63, 3.8) is 0 Å². The van der Waals surface area contributed by atoms with E-state index in [1.54, 1.807) is 0 Å². The Morgan fingerprint density at radius 1 is 1.47 bits per heavy atom. The molecule has 1 aliphatic carbocycles. The van der Waals surface area contributed by atoms with E-state index in [-0.39, 0.29) is 16.1 Å². The summed E-state index contributed by atoms with van der Waals surface area (Å²) in [5.74, 6) is 0.327. The molecule has 0 spiro atoms. The molecule has 5 N–H and O–H groups in total. The van der Waals surface area contributed by atoms with Crippen LogP contribution in [0.2, 0.25) is 0 Å². The van der Waals surface area contributed by atoms with Gasteiger partial charge in [-0.3, -0.25) is 4.79 Å². The first-order valence-electron chi connectivity index (χ1n) is 6.00. The van der Waals surface area contributed by atoms with Gasteiger partial charge in [-0.2, -0.15) is 0 Å². The SMILES string of the molecule is CC1CC1CNS(=O)(=O)c1ccc(C(N)=O)cc1N. The Balaban J connectivity index is 2.17. The molecular weight excluding hydrogens is 266 g/mol. The van der Waals surface area contributed by atoms with Gasteiger partial charge >= 0.3 is 0 Å². The molecule has 1 aromatic rings. The molecule has 1 amide bonds. The third kappa shape index (κ3) is 3.05. The molecule has 0 saturated heterocycles. The number of nitrogens with one attached hydrogen (secondary N) is 1. The molecule has 0 aromatic heterocycles. The third-order valence-corrected chi connectivity index (χ3v) is 4.89. The summed E-state index contributed by atoms with van der Waals surface area (Å²) in [5, 5.41) is 0. The van der Waals surface area contributed by atoms with Gasteiger partial charge in [0.25, 0.3) is 0 Å². The summed E-state index contributed by atoms with van der Waals surface area (Å²) in [7, 11) is -3.64. The fourth-order valence-corrected chi connectivity index (χ4v) is 3.13. The molecule has 0 bridgehead atoms. The lowest BCUT2D eigenvalue weighted by atomic mass is 10.2. The van der Waals surface area contributed by atoms with Crippen molar-refractivity contribution in [2.45, 2.75) is 18.2 Å². The lowest BCUT2D eigenvalue weighted by molar-refractivity contribution is 0.1000. The van der Waals surface area contributed by atoms with Crippen LogP contribution in [0.25, 0.3) is 0 Å². The zero-order valence-electron chi connectivity index (χ0n) is 10.6. The second kappa shape index (κ2) is 4.82. The van der Waals surface area contributed by atoms with Gasteiger partial charge < -0.3 is 11.5 Å². The van der Waals surface area contributed by atoms with Gasteiger partial charge in [0.15, 0.2) is 0 Å². The monoisotopic (exact) mass is 283 g/mol. The van der Waals surface area contributed by atoms with Crippen molar-refractivity contribution < 1.29 is 13.2 Å². The first kappa shape index (κ1) is 13.8. The highest BCUT2D eigenvalue weighted by Crippen LogP contribution is 2.37. The summed E-state index contributed by atoms with van der Waals surface area (Å²) in [6.07, 6.45) is 1.04. The van der Waals surface area contributed by atoms with E-state index >= 15 is 0 Å². The summed E-state index contributed by atoms with van der Waals surface area (Å²) in [4.78, 5) is 11.0. The standard InChI is InChI=1S/C12H17N3O3S/c1-7-4-9(7)6-15-19(17,18)11-3-2-8(12(14)16)5-10(11)13/h2-3,5,7,9,15H,4,6,13H2,1H3,(H2,14,16). The molecule has 1 aromatic carbocycles. The van der Waals surface area contributed by atoms with Crippen molar-refractivity contribution in [1.82, 2.24) is 4.72 Å². The van der Waals surface area contributed by atoms with Gasteiger partial charge in [0.2, 0.25) is 15.9 Å². The van der Waals surface area contributed by atoms with Crippen molar-refractivity contribution >= 4 is 21.6 Å². The number of amides is 1. The zero-order valence-corrected chi connectivity index (χ0v) is 11.4. The van der Waals surface area contributed by atoms with Crippen LogP contribution in [-0.4, -0.2) is 20.9 Å². The lowest BCUT2D eigenvalue weighted by Gasteiger charge is -2.09. The van der Waals surface area contributed by atoms with Gasteiger partial charge in [-0.1, -0.05) is 6.92 Å². The van der Waals surface area contributed by atoms with Gasteiger partial charge in [-0.15, -0.1) is 0 Å². The maximum absolute atomic E-state index is 12.1. The summed E-state index contributed by atoms with van der Waals surface area (Å²) < 4.78 is 26.7. The molecule has 104 valence electrons. The van der Waals surface area contributed by atoms with Crippen LogP contribution < -0.4 is 16.2 Å². The Hall–Kier alpha value is -1.60. The number of rotatable bonds is 5. The predicted molar refractivity (Wildman–Crippen MR) is 71.8 cm³/mol. The number of carbonyl (C=O) groups is 1. The van der Waals surface area contributed by atoms with E-state index in [1.807, 2.05) is 0 Å². The van der Waals surface area contributed by atoms with Gasteiger partial charge in [-0.25, -0.2) is 13.1 Å². The van der Waals surface area contributed by atoms with Crippen LogP contribution in [-0.2, 0) is 10.0 Å². The van der Waals surface area contributed by atoms with Crippen LogP contribution in [0.3, 0.4) is 0 Å². The Morgan fingerprint density at radius 2 is 2.11 bits per heavy atom. The van der Waals surface area contributed by atoms with Crippen molar-refractivity contribution in [2.24, 2.45) is 17.6 Å². The van der Waals surface area contributed by atoms with Crippen molar-refractivity contribution in [3.8, 4) is 0 Å². The number of anilines is 1. The van der Waals surface area contributed by atoms with E-state index in [4.69, 9.17) is 11.5 Å². The number of hydrogen-bond donors (Lipinski definition) is 3. The zero-order chi connectivity index (χ0) is 14.2. The van der Waals surface area contributed by atoms with Crippen LogP contribution in [0.5, 0.6) is 0 Å². The van der Waals surface area contributed by atoms with Crippen LogP contribution in [0.15, 0.2) is 23.1 Å². The molecule has 1 saturated carbocycles. The Labute approximate surface area is 112 Å². The van der Waals surface area contributed by atoms with Gasteiger partial charge in [0.05, 0.1) is 5.69 Å². The van der Waals surface area contributed by atoms with Crippen molar-refractivity contribution in [3.05, 3.63) is 23.8 Å². The number of hydrogen-bond acceptors (Lipinski definition) is 4. The average molecular weight is 283 g/mol. The minimum absolute atomic E-state index is 0.0210. The van der Waals surface area contributed by atoms with Crippen LogP contribution in [0.1, 0.15) is 23.7 Å². The first-order valence-corrected chi connectivity index (χ1v) is 7.48. The lowest BCUT2D eigenvalue weighted by Crippen LogP contribution is -2.27. The number of nitrogen functional groups attached to an aromatic ring is 1. The van der Waals surface area contributed by atoms with E-state index in [2.05, 4.69) is 11.6 Å². The fraction of sp³-hybridized carbons (Fsp3) is 0.417. The maximum atomic E-state index is 12.1. The Kier molecular flexibility index (Phi) is 3.51. The molecule has 6 nitrogen and oxygen atoms in total. The topological polar surface area (TPSA) is 115 Å². The number of sulfonamides is 1. The van der Waals surface area contributed by atoms with Gasteiger partial charge in [-0.05, 0) is 36.5 Å². The fourth-order valence-electron chi connectivity index (χ4n) is 1.92.